The quantitative estimate of drug-likeness (QED) is 0.109. The van der Waals surface area contributed by atoms with Crippen molar-refractivity contribution in [2.75, 3.05) is 13.1 Å². The molecule has 47 heavy (non-hydrogen) atoms. The van der Waals surface area contributed by atoms with Gasteiger partial charge in [-0.2, -0.15) is 18.3 Å². The van der Waals surface area contributed by atoms with Crippen LogP contribution in [0.3, 0.4) is 0 Å². The summed E-state index contributed by atoms with van der Waals surface area (Å²) in [5.41, 5.74) is 1.71. The molecule has 250 valence electrons. The number of nitrogens with one attached hydrogen (secondary N) is 3. The fourth-order valence-corrected chi connectivity index (χ4v) is 5.19. The molecule has 0 aliphatic heterocycles. The van der Waals surface area contributed by atoms with Gasteiger partial charge in [0.1, 0.15) is 5.69 Å². The molecule has 0 radical (unpaired) electrons. The van der Waals surface area contributed by atoms with E-state index in [0.29, 0.717) is 12.1 Å². The van der Waals surface area contributed by atoms with E-state index in [9.17, 15) is 27.9 Å². The number of aliphatic hydroxyl groups is 1. The number of halogens is 3. The van der Waals surface area contributed by atoms with Gasteiger partial charge in [-0.1, -0.05) is 105 Å². The summed E-state index contributed by atoms with van der Waals surface area (Å²) in [5.74, 6) is -0.893. The Morgan fingerprint density at radius 2 is 1.53 bits per heavy atom. The molecular weight excluding hydrogens is 607 g/mol. The van der Waals surface area contributed by atoms with Crippen molar-refractivity contribution in [3.05, 3.63) is 125 Å². The number of amides is 2. The minimum atomic E-state index is -4.45. The van der Waals surface area contributed by atoms with Crippen LogP contribution in [0.25, 0.3) is 0 Å². The van der Waals surface area contributed by atoms with Gasteiger partial charge in [0.05, 0.1) is 24.3 Å². The highest BCUT2D eigenvalue weighted by Crippen LogP contribution is 2.29. The number of alkyl halides is 3. The second-order valence-corrected chi connectivity index (χ2v) is 11.5. The lowest BCUT2D eigenvalue weighted by atomic mass is 10.0. The molecule has 0 bridgehead atoms. The van der Waals surface area contributed by atoms with Gasteiger partial charge in [-0.15, -0.1) is 0 Å². The maximum absolute atomic E-state index is 13.6. The van der Waals surface area contributed by atoms with Crippen LogP contribution in [0.4, 0.5) is 13.2 Å². The van der Waals surface area contributed by atoms with Crippen LogP contribution in [0.15, 0.2) is 91.0 Å². The number of unbranched alkanes of at least 4 members (excludes halogenated alkanes) is 3. The van der Waals surface area contributed by atoms with Crippen molar-refractivity contribution < 1.29 is 27.9 Å². The highest BCUT2D eigenvalue weighted by Gasteiger charge is 2.30. The number of aliphatic hydroxyl groups excluding tert-OH is 1. The summed E-state index contributed by atoms with van der Waals surface area (Å²) in [4.78, 5) is 26.8. The summed E-state index contributed by atoms with van der Waals surface area (Å²) in [6, 6.07) is 24.5. The predicted octanol–water partition coefficient (Wildman–Crippen LogP) is 5.75. The molecule has 4 aromatic rings. The number of benzene rings is 3. The second kappa shape index (κ2) is 17.4. The molecule has 1 aromatic heterocycles. The fraction of sp³-hybridized carbons (Fsp3) is 0.361. The molecule has 8 nitrogen and oxygen atoms in total. The van der Waals surface area contributed by atoms with E-state index in [1.54, 1.807) is 6.07 Å². The number of nitrogens with zero attached hydrogens (tertiary/aromatic N) is 2. The van der Waals surface area contributed by atoms with Crippen molar-refractivity contribution in [2.24, 2.45) is 0 Å². The van der Waals surface area contributed by atoms with Gasteiger partial charge in [-0.25, -0.2) is 0 Å². The van der Waals surface area contributed by atoms with Gasteiger partial charge in [0.25, 0.3) is 11.8 Å². The molecule has 11 heteroatoms. The Bertz CT molecular complexity index is 1560. The normalized spacial score (nSPS) is 12.8. The van der Waals surface area contributed by atoms with Crippen LogP contribution in [0.5, 0.6) is 0 Å². The average Bonchev–Trinajstić information content (AvgIpc) is 3.49. The summed E-state index contributed by atoms with van der Waals surface area (Å²) < 4.78 is 40.9. The van der Waals surface area contributed by atoms with Crippen LogP contribution < -0.4 is 16.0 Å². The lowest BCUT2D eigenvalue weighted by Gasteiger charge is -2.24. The number of hydrogen-bond acceptors (Lipinski definition) is 5. The first kappa shape index (κ1) is 35.4. The maximum atomic E-state index is 13.6. The highest BCUT2D eigenvalue weighted by molar-refractivity contribution is 5.98. The van der Waals surface area contributed by atoms with Gasteiger partial charge in [-0.05, 0) is 35.6 Å². The lowest BCUT2D eigenvalue weighted by molar-refractivity contribution is -0.137. The van der Waals surface area contributed by atoms with E-state index in [0.717, 1.165) is 48.9 Å². The van der Waals surface area contributed by atoms with E-state index < -0.39 is 29.8 Å². The molecule has 2 amide bonds. The minimum absolute atomic E-state index is 0.00214. The van der Waals surface area contributed by atoms with Crippen molar-refractivity contribution in [1.29, 1.82) is 0 Å². The number of aromatic nitrogens is 2. The molecular formula is C36H42F3N5O3. The Labute approximate surface area is 273 Å². The molecule has 0 saturated heterocycles. The molecule has 0 aliphatic carbocycles. The van der Waals surface area contributed by atoms with Gasteiger partial charge < -0.3 is 21.1 Å². The topological polar surface area (TPSA) is 108 Å². The zero-order valence-corrected chi connectivity index (χ0v) is 26.5. The number of carbonyl (C=O) groups is 2. The Morgan fingerprint density at radius 1 is 0.851 bits per heavy atom. The molecule has 1 heterocycles. The Hall–Kier alpha value is -4.48. The first-order valence-corrected chi connectivity index (χ1v) is 15.9. The monoisotopic (exact) mass is 649 g/mol. The van der Waals surface area contributed by atoms with Crippen molar-refractivity contribution in [3.8, 4) is 0 Å². The summed E-state index contributed by atoms with van der Waals surface area (Å²) in [6.45, 7) is 3.00. The third kappa shape index (κ3) is 11.1. The van der Waals surface area contributed by atoms with Crippen LogP contribution in [-0.2, 0) is 25.7 Å². The smallest absolute Gasteiger partial charge is 0.390 e. The van der Waals surface area contributed by atoms with Crippen molar-refractivity contribution in [3.63, 3.8) is 0 Å². The van der Waals surface area contributed by atoms with Crippen LogP contribution in [-0.4, -0.2) is 51.9 Å². The maximum Gasteiger partial charge on any atom is 0.416 e. The summed E-state index contributed by atoms with van der Waals surface area (Å²) in [5, 5.41) is 24.5. The molecule has 4 N–H and O–H groups in total. The number of rotatable bonds is 17. The van der Waals surface area contributed by atoms with Crippen LogP contribution in [0.2, 0.25) is 0 Å². The first-order valence-electron chi connectivity index (χ1n) is 15.9. The molecule has 0 fully saturated rings. The zero-order chi connectivity index (χ0) is 33.6. The third-order valence-corrected chi connectivity index (χ3v) is 7.75. The summed E-state index contributed by atoms with van der Waals surface area (Å²) in [6.07, 6.45) is -1.24. The SMILES string of the molecule is CCCCCCNC(=O)c1cc(C(=O)N[C@@H](Cc2ccccc2)[C@H](O)CNCc2cccc(C(F)(F)F)c2)nn1Cc1ccccc1. The second-order valence-electron chi connectivity index (χ2n) is 11.5. The standard InChI is InChI=1S/C36H42F3N5O3/c1-2-3-4-11-19-41-35(47)32-22-31(43-44(32)25-27-15-9-6-10-16-27)34(46)42-30(21-26-13-7-5-8-14-26)33(45)24-40-23-28-17-12-18-29(20-28)36(37,38)39/h5-10,12-18,20,22,30,33,40,45H,2-4,11,19,21,23-25H2,1H3,(H,41,47)(H,42,46)/t30-,33+/m0/s1. The number of hydrogen-bond donors (Lipinski definition) is 4. The van der Waals surface area contributed by atoms with E-state index in [4.69, 9.17) is 0 Å². The van der Waals surface area contributed by atoms with E-state index in [1.807, 2.05) is 60.7 Å². The molecule has 0 saturated carbocycles. The Kier molecular flexibility index (Phi) is 13.1. The third-order valence-electron chi connectivity index (χ3n) is 7.75. The van der Waals surface area contributed by atoms with Crippen molar-refractivity contribution in [1.82, 2.24) is 25.7 Å². The minimum Gasteiger partial charge on any atom is -0.390 e. The zero-order valence-electron chi connectivity index (χ0n) is 26.5. The van der Waals surface area contributed by atoms with E-state index in [2.05, 4.69) is 28.0 Å². The summed E-state index contributed by atoms with van der Waals surface area (Å²) in [7, 11) is 0. The lowest BCUT2D eigenvalue weighted by Crippen LogP contribution is -2.48. The average molecular weight is 650 g/mol. The molecule has 0 aliphatic rings. The van der Waals surface area contributed by atoms with Crippen LogP contribution in [0, 0.1) is 0 Å². The summed E-state index contributed by atoms with van der Waals surface area (Å²) >= 11 is 0. The van der Waals surface area contributed by atoms with Gasteiger partial charge in [0.15, 0.2) is 5.69 Å². The molecule has 0 unspecified atom stereocenters. The van der Waals surface area contributed by atoms with Crippen LogP contribution in [0.1, 0.15) is 75.8 Å². The van der Waals surface area contributed by atoms with E-state index in [-0.39, 0.29) is 43.4 Å². The van der Waals surface area contributed by atoms with Crippen LogP contribution >= 0.6 is 0 Å². The van der Waals surface area contributed by atoms with Gasteiger partial charge in [-0.3, -0.25) is 14.3 Å². The Morgan fingerprint density at radius 3 is 2.21 bits per heavy atom. The van der Waals surface area contributed by atoms with Gasteiger partial charge in [0, 0.05) is 25.7 Å². The van der Waals surface area contributed by atoms with Crippen molar-refractivity contribution >= 4 is 11.8 Å². The molecule has 0 spiro atoms. The first-order chi connectivity index (χ1) is 22.6. The Balaban J connectivity index is 1.48. The largest absolute Gasteiger partial charge is 0.416 e. The molecule has 3 aromatic carbocycles. The van der Waals surface area contributed by atoms with E-state index in [1.165, 1.54) is 16.8 Å². The molecule has 2 atom stereocenters. The number of carbonyl (C=O) groups excluding carboxylic acids is 2. The van der Waals surface area contributed by atoms with Gasteiger partial charge >= 0.3 is 6.18 Å². The highest BCUT2D eigenvalue weighted by atomic mass is 19.4. The molecule has 4 rings (SSSR count). The fourth-order valence-electron chi connectivity index (χ4n) is 5.19. The van der Waals surface area contributed by atoms with Crippen molar-refractivity contribution in [2.45, 2.75) is 70.4 Å². The van der Waals surface area contributed by atoms with E-state index >= 15 is 0 Å². The predicted molar refractivity (Wildman–Crippen MR) is 175 cm³/mol. The van der Waals surface area contributed by atoms with Gasteiger partial charge in [0.2, 0.25) is 0 Å².